The lowest BCUT2D eigenvalue weighted by Crippen LogP contribution is -2.63. The van der Waals surface area contributed by atoms with E-state index in [4.69, 9.17) is 58.8 Å². The lowest BCUT2D eigenvalue weighted by Gasteiger charge is -2.40. The summed E-state index contributed by atoms with van der Waals surface area (Å²) in [4.78, 5) is 0. The molecule has 39 heavy (non-hydrogen) atoms. The summed E-state index contributed by atoms with van der Waals surface area (Å²) in [5.74, 6) is 0. The summed E-state index contributed by atoms with van der Waals surface area (Å²) in [5, 5.41) is 0. The van der Waals surface area contributed by atoms with Gasteiger partial charge in [-0.15, -0.1) is 0 Å². The summed E-state index contributed by atoms with van der Waals surface area (Å²) in [7, 11) is -1.86. The van der Waals surface area contributed by atoms with E-state index in [9.17, 15) is 0 Å². The summed E-state index contributed by atoms with van der Waals surface area (Å²) in [6.07, 6.45) is 2.68. The van der Waals surface area contributed by atoms with E-state index in [0.29, 0.717) is 77.0 Å². The molecular formula is C23H48O13Si3. The van der Waals surface area contributed by atoms with Crippen LogP contribution in [-0.4, -0.2) is 140 Å². The molecule has 16 heteroatoms. The topological polar surface area (TPSA) is 130 Å². The van der Waals surface area contributed by atoms with E-state index in [0.717, 1.165) is 19.8 Å². The zero-order valence-electron chi connectivity index (χ0n) is 24.1. The van der Waals surface area contributed by atoms with Crippen LogP contribution in [0.25, 0.3) is 0 Å². The average Bonchev–Trinajstić information content (AvgIpc) is 3.80. The molecule has 0 spiro atoms. The largest absolute Gasteiger partial charge is 0.493 e. The molecule has 3 rings (SSSR count). The van der Waals surface area contributed by atoms with Crippen LogP contribution in [0.4, 0.5) is 0 Å². The van der Waals surface area contributed by atoms with Crippen molar-refractivity contribution in [1.29, 1.82) is 0 Å². The van der Waals surface area contributed by atoms with Crippen molar-refractivity contribution in [2.75, 3.05) is 95.0 Å². The molecule has 3 aliphatic rings. The molecule has 3 saturated heterocycles. The van der Waals surface area contributed by atoms with Crippen LogP contribution in [0.15, 0.2) is 0 Å². The molecular weight excluding hydrogens is 568 g/mol. The highest BCUT2D eigenvalue weighted by Gasteiger charge is 2.57. The number of rotatable bonds is 27. The third kappa shape index (κ3) is 12.5. The van der Waals surface area contributed by atoms with Crippen molar-refractivity contribution >= 4 is 26.4 Å². The Hall–Kier alpha value is 0.131. The molecule has 13 nitrogen and oxygen atoms in total. The first-order valence-corrected chi connectivity index (χ1v) is 19.5. The van der Waals surface area contributed by atoms with Gasteiger partial charge in [0.15, 0.2) is 0 Å². The van der Waals surface area contributed by atoms with Gasteiger partial charge in [0.1, 0.15) is 18.3 Å². The SMILES string of the molecule is CO[Si](CCCOCC1CO1)(OC)O[Si](CCCOCC1CO1)(OC)O[Si](CCCOCC1CO1)(OC)OC. The van der Waals surface area contributed by atoms with Crippen LogP contribution in [0.3, 0.4) is 0 Å². The second-order valence-corrected chi connectivity index (χ2v) is 18.9. The minimum absolute atomic E-state index is 0.202. The van der Waals surface area contributed by atoms with Crippen LogP contribution in [0.2, 0.25) is 18.1 Å². The van der Waals surface area contributed by atoms with Crippen molar-refractivity contribution in [1.82, 2.24) is 0 Å². The fourth-order valence-electron chi connectivity index (χ4n) is 3.94. The first kappa shape index (κ1) is 33.6. The summed E-state index contributed by atoms with van der Waals surface area (Å²) in [6, 6.07) is 1.55. The van der Waals surface area contributed by atoms with E-state index < -0.39 is 26.4 Å². The van der Waals surface area contributed by atoms with Gasteiger partial charge in [0, 0.05) is 73.5 Å². The van der Waals surface area contributed by atoms with Crippen molar-refractivity contribution in [3.8, 4) is 0 Å². The molecule has 3 heterocycles. The second-order valence-electron chi connectivity index (χ2n) is 9.68. The van der Waals surface area contributed by atoms with Gasteiger partial charge in [0.2, 0.25) is 0 Å². The van der Waals surface area contributed by atoms with Gasteiger partial charge in [-0.25, -0.2) is 0 Å². The van der Waals surface area contributed by atoms with E-state index >= 15 is 0 Å². The summed E-state index contributed by atoms with van der Waals surface area (Å²) < 4.78 is 76.1. The van der Waals surface area contributed by atoms with Crippen molar-refractivity contribution in [2.45, 2.75) is 55.7 Å². The number of hydrogen-bond acceptors (Lipinski definition) is 13. The molecule has 0 saturated carbocycles. The van der Waals surface area contributed by atoms with E-state index in [1.807, 2.05) is 0 Å². The molecule has 230 valence electrons. The minimum atomic E-state index is -3.45. The van der Waals surface area contributed by atoms with E-state index in [1.54, 1.807) is 35.5 Å². The summed E-state index contributed by atoms with van der Waals surface area (Å²) >= 11 is 0. The standard InChI is InChI=1S/C23H48O13Si3/c1-24-37(25-2,12-6-9-29-15-21-18-32-21)35-39(28-5,14-8-11-31-17-23-20-34-23)36-38(26-3,27-4)13-7-10-30-16-22-19-33-22/h21-23H,6-20H2,1-5H3. The summed E-state index contributed by atoms with van der Waals surface area (Å²) in [6.45, 7) is 5.65. The van der Waals surface area contributed by atoms with Crippen molar-refractivity contribution in [3.63, 3.8) is 0 Å². The highest BCUT2D eigenvalue weighted by molar-refractivity contribution is 6.80. The average molecular weight is 617 g/mol. The molecule has 0 aromatic carbocycles. The molecule has 0 aromatic rings. The molecule has 3 aliphatic heterocycles. The molecule has 0 radical (unpaired) electrons. The molecule has 0 bridgehead atoms. The van der Waals surface area contributed by atoms with Crippen molar-refractivity contribution in [2.24, 2.45) is 0 Å². The monoisotopic (exact) mass is 616 g/mol. The second kappa shape index (κ2) is 17.3. The minimum Gasteiger partial charge on any atom is -0.379 e. The van der Waals surface area contributed by atoms with Crippen LogP contribution in [0.5, 0.6) is 0 Å². The fraction of sp³-hybridized carbons (Fsp3) is 1.00. The van der Waals surface area contributed by atoms with Crippen LogP contribution >= 0.6 is 0 Å². The quantitative estimate of drug-likeness (QED) is 0.0751. The van der Waals surface area contributed by atoms with Gasteiger partial charge in [0.05, 0.1) is 39.6 Å². The van der Waals surface area contributed by atoms with Gasteiger partial charge in [-0.1, -0.05) is 0 Å². The highest BCUT2D eigenvalue weighted by atomic mass is 28.5. The highest BCUT2D eigenvalue weighted by Crippen LogP contribution is 2.32. The van der Waals surface area contributed by atoms with Crippen molar-refractivity contribution in [3.05, 3.63) is 0 Å². The third-order valence-corrected chi connectivity index (χ3v) is 17.6. The third-order valence-electron chi connectivity index (χ3n) is 6.61. The van der Waals surface area contributed by atoms with Crippen molar-refractivity contribution < 1.29 is 58.8 Å². The maximum atomic E-state index is 6.74. The smallest absolute Gasteiger partial charge is 0.379 e. The number of ether oxygens (including phenoxy) is 6. The molecule has 0 N–H and O–H groups in total. The van der Waals surface area contributed by atoms with Crippen LogP contribution in [0.1, 0.15) is 19.3 Å². The van der Waals surface area contributed by atoms with Gasteiger partial charge >= 0.3 is 26.4 Å². The van der Waals surface area contributed by atoms with Gasteiger partial charge in [-0.3, -0.25) is 0 Å². The molecule has 3 atom stereocenters. The Labute approximate surface area is 235 Å². The van der Waals surface area contributed by atoms with Gasteiger partial charge < -0.3 is 58.8 Å². The zero-order valence-corrected chi connectivity index (χ0v) is 27.1. The molecule has 0 aromatic heterocycles. The molecule has 3 fully saturated rings. The number of epoxide rings is 3. The molecule has 3 unspecified atom stereocenters. The fourth-order valence-corrected chi connectivity index (χ4v) is 15.0. The Kier molecular flexibility index (Phi) is 14.9. The van der Waals surface area contributed by atoms with E-state index in [2.05, 4.69) is 0 Å². The lowest BCUT2D eigenvalue weighted by molar-refractivity contribution is 0.0612. The summed E-state index contributed by atoms with van der Waals surface area (Å²) in [5.41, 5.74) is 0. The van der Waals surface area contributed by atoms with E-state index in [-0.39, 0.29) is 18.3 Å². The Morgan fingerprint density at radius 2 is 0.769 bits per heavy atom. The Bertz CT molecular complexity index is 619. The van der Waals surface area contributed by atoms with Gasteiger partial charge in [-0.2, -0.15) is 0 Å². The number of hydrogen-bond donors (Lipinski definition) is 0. The van der Waals surface area contributed by atoms with Crippen LogP contribution < -0.4 is 0 Å². The zero-order chi connectivity index (χ0) is 28.0. The maximum absolute atomic E-state index is 6.74. The maximum Gasteiger partial charge on any atom is 0.493 e. The Morgan fingerprint density at radius 3 is 1.03 bits per heavy atom. The first-order valence-electron chi connectivity index (χ1n) is 13.7. The first-order chi connectivity index (χ1) is 19.0. The van der Waals surface area contributed by atoms with Gasteiger partial charge in [0.25, 0.3) is 0 Å². The van der Waals surface area contributed by atoms with Gasteiger partial charge in [-0.05, 0) is 19.3 Å². The predicted octanol–water partition coefficient (Wildman–Crippen LogP) is 1.48. The predicted molar refractivity (Wildman–Crippen MR) is 144 cm³/mol. The Balaban J connectivity index is 1.63. The lowest BCUT2D eigenvalue weighted by atomic mass is 10.5. The van der Waals surface area contributed by atoms with Crippen LogP contribution in [-0.2, 0) is 58.8 Å². The van der Waals surface area contributed by atoms with Crippen LogP contribution in [0, 0.1) is 0 Å². The molecule has 0 amide bonds. The van der Waals surface area contributed by atoms with E-state index in [1.165, 1.54) is 0 Å². The molecule has 0 aliphatic carbocycles. The Morgan fingerprint density at radius 1 is 0.487 bits per heavy atom. The normalized spacial score (nSPS) is 24.1.